The molecule has 0 amide bonds. The molecular formula is C29H60. The van der Waals surface area contributed by atoms with E-state index in [9.17, 15) is 0 Å². The van der Waals surface area contributed by atoms with Crippen LogP contribution in [0.15, 0.2) is 0 Å². The van der Waals surface area contributed by atoms with Gasteiger partial charge >= 0.3 is 0 Å². The first kappa shape index (κ1) is 29.0. The first-order chi connectivity index (χ1) is 14.2. The lowest BCUT2D eigenvalue weighted by molar-refractivity contribution is 0.210. The zero-order chi connectivity index (χ0) is 21.6. The third kappa shape index (κ3) is 18.5. The molecule has 0 rings (SSSR count). The largest absolute Gasteiger partial charge is 0.0654 e. The second-order valence-electron chi connectivity index (χ2n) is 10.3. The Morgan fingerprint density at radius 3 is 1.03 bits per heavy atom. The Morgan fingerprint density at radius 1 is 0.414 bits per heavy atom. The van der Waals surface area contributed by atoms with Crippen molar-refractivity contribution in [2.45, 2.75) is 169 Å². The number of unbranched alkanes of at least 4 members (excludes halogenated alkanes) is 16. The molecule has 0 N–H and O–H groups in total. The van der Waals surface area contributed by atoms with Crippen molar-refractivity contribution in [2.75, 3.05) is 0 Å². The molecule has 0 heterocycles. The molecule has 0 radical (unpaired) electrons. The van der Waals surface area contributed by atoms with Gasteiger partial charge < -0.3 is 0 Å². The standard InChI is InChI=1S/C29H60/c1-6-9-11-13-14-15-16-17-18-19-20-21-22-24-26-28(25-23-12-10-7-2)29(8-3)27(4)5/h27-29H,6-26H2,1-5H3. The van der Waals surface area contributed by atoms with Crippen LogP contribution in [0.5, 0.6) is 0 Å². The van der Waals surface area contributed by atoms with Crippen LogP contribution >= 0.6 is 0 Å². The van der Waals surface area contributed by atoms with E-state index in [2.05, 4.69) is 34.6 Å². The van der Waals surface area contributed by atoms with E-state index in [1.54, 1.807) is 0 Å². The van der Waals surface area contributed by atoms with Gasteiger partial charge in [-0.25, -0.2) is 0 Å². The van der Waals surface area contributed by atoms with Crippen molar-refractivity contribution >= 4 is 0 Å². The predicted octanol–water partition coefficient (Wildman–Crippen LogP) is 11.1. The first-order valence-corrected chi connectivity index (χ1v) is 14.2. The summed E-state index contributed by atoms with van der Waals surface area (Å²) >= 11 is 0. The summed E-state index contributed by atoms with van der Waals surface area (Å²) in [5.74, 6) is 2.82. The maximum atomic E-state index is 2.46. The Labute approximate surface area is 187 Å². The molecule has 0 nitrogen and oxygen atoms in total. The van der Waals surface area contributed by atoms with Crippen molar-refractivity contribution in [3.8, 4) is 0 Å². The SMILES string of the molecule is CCCCCCCCCCCCCCCCC(CCCCCC)C(CC)C(C)C. The van der Waals surface area contributed by atoms with Crippen molar-refractivity contribution in [3.05, 3.63) is 0 Å². The molecule has 29 heavy (non-hydrogen) atoms. The summed E-state index contributed by atoms with van der Waals surface area (Å²) in [4.78, 5) is 0. The predicted molar refractivity (Wildman–Crippen MR) is 136 cm³/mol. The number of hydrogen-bond acceptors (Lipinski definition) is 0. The van der Waals surface area contributed by atoms with Crippen LogP contribution in [-0.2, 0) is 0 Å². The summed E-state index contributed by atoms with van der Waals surface area (Å²) in [6.07, 6.45) is 30.7. The second-order valence-corrected chi connectivity index (χ2v) is 10.3. The van der Waals surface area contributed by atoms with Gasteiger partial charge in [-0.2, -0.15) is 0 Å². The molecule has 2 unspecified atom stereocenters. The Balaban J connectivity index is 3.68. The fourth-order valence-corrected chi connectivity index (χ4v) is 5.36. The van der Waals surface area contributed by atoms with E-state index in [-0.39, 0.29) is 0 Å². The molecule has 0 fully saturated rings. The Hall–Kier alpha value is 0. The van der Waals surface area contributed by atoms with E-state index in [0.29, 0.717) is 0 Å². The van der Waals surface area contributed by atoms with E-state index < -0.39 is 0 Å². The van der Waals surface area contributed by atoms with Gasteiger partial charge in [0.25, 0.3) is 0 Å². The lowest BCUT2D eigenvalue weighted by Gasteiger charge is -2.30. The molecule has 0 aliphatic carbocycles. The number of hydrogen-bond donors (Lipinski definition) is 0. The summed E-state index contributed by atoms with van der Waals surface area (Å²) in [6, 6.07) is 0. The lowest BCUT2D eigenvalue weighted by atomic mass is 9.76. The van der Waals surface area contributed by atoms with Crippen LogP contribution in [0.4, 0.5) is 0 Å². The quantitative estimate of drug-likeness (QED) is 0.147. The highest BCUT2D eigenvalue weighted by atomic mass is 14.3. The normalized spacial score (nSPS) is 13.9. The van der Waals surface area contributed by atoms with Crippen molar-refractivity contribution in [1.29, 1.82) is 0 Å². The van der Waals surface area contributed by atoms with Crippen molar-refractivity contribution in [3.63, 3.8) is 0 Å². The first-order valence-electron chi connectivity index (χ1n) is 14.2. The van der Waals surface area contributed by atoms with Gasteiger partial charge in [-0.05, 0) is 17.8 Å². The summed E-state index contributed by atoms with van der Waals surface area (Å²) in [5, 5.41) is 0. The maximum Gasteiger partial charge on any atom is -0.0365 e. The minimum absolute atomic E-state index is 0.864. The minimum atomic E-state index is 0.864. The Bertz CT molecular complexity index is 292. The molecule has 0 saturated heterocycles. The van der Waals surface area contributed by atoms with Crippen LogP contribution in [0.3, 0.4) is 0 Å². The highest BCUT2D eigenvalue weighted by molar-refractivity contribution is 4.72. The number of rotatable bonds is 23. The minimum Gasteiger partial charge on any atom is -0.0654 e. The van der Waals surface area contributed by atoms with Gasteiger partial charge in [0.1, 0.15) is 0 Å². The Kier molecular flexibility index (Phi) is 22.7. The van der Waals surface area contributed by atoms with Gasteiger partial charge in [0, 0.05) is 0 Å². The average molecular weight is 409 g/mol. The van der Waals surface area contributed by atoms with Crippen molar-refractivity contribution in [1.82, 2.24) is 0 Å². The molecule has 0 aliphatic rings. The topological polar surface area (TPSA) is 0 Å². The molecule has 0 aromatic heterocycles. The van der Waals surface area contributed by atoms with E-state index in [1.165, 1.54) is 135 Å². The molecule has 0 aromatic rings. The molecular weight excluding hydrogens is 348 g/mol. The lowest BCUT2D eigenvalue weighted by Crippen LogP contribution is -2.20. The summed E-state index contributed by atoms with van der Waals surface area (Å²) in [6.45, 7) is 12.0. The zero-order valence-electron chi connectivity index (χ0n) is 21.6. The van der Waals surface area contributed by atoms with Gasteiger partial charge in [-0.1, -0.05) is 169 Å². The van der Waals surface area contributed by atoms with Gasteiger partial charge in [-0.3, -0.25) is 0 Å². The fourth-order valence-electron chi connectivity index (χ4n) is 5.36. The molecule has 0 bridgehead atoms. The van der Waals surface area contributed by atoms with E-state index in [0.717, 1.165) is 17.8 Å². The molecule has 176 valence electrons. The second kappa shape index (κ2) is 22.7. The molecule has 0 heteroatoms. The maximum absolute atomic E-state index is 2.46. The third-order valence-electron chi connectivity index (χ3n) is 7.29. The zero-order valence-corrected chi connectivity index (χ0v) is 21.6. The van der Waals surface area contributed by atoms with E-state index >= 15 is 0 Å². The van der Waals surface area contributed by atoms with E-state index in [4.69, 9.17) is 0 Å². The van der Waals surface area contributed by atoms with Gasteiger partial charge in [-0.15, -0.1) is 0 Å². The molecule has 0 spiro atoms. The molecule has 0 aliphatic heterocycles. The third-order valence-corrected chi connectivity index (χ3v) is 7.29. The van der Waals surface area contributed by atoms with Crippen molar-refractivity contribution < 1.29 is 0 Å². The summed E-state index contributed by atoms with van der Waals surface area (Å²) in [5.41, 5.74) is 0. The average Bonchev–Trinajstić information content (AvgIpc) is 2.71. The fraction of sp³-hybridized carbons (Fsp3) is 1.00. The van der Waals surface area contributed by atoms with Gasteiger partial charge in [0.2, 0.25) is 0 Å². The van der Waals surface area contributed by atoms with Crippen molar-refractivity contribution in [2.24, 2.45) is 17.8 Å². The summed E-state index contributed by atoms with van der Waals surface area (Å²) in [7, 11) is 0. The molecule has 0 aromatic carbocycles. The molecule has 0 saturated carbocycles. The summed E-state index contributed by atoms with van der Waals surface area (Å²) < 4.78 is 0. The van der Waals surface area contributed by atoms with Crippen LogP contribution in [0.25, 0.3) is 0 Å². The monoisotopic (exact) mass is 408 g/mol. The van der Waals surface area contributed by atoms with E-state index in [1.807, 2.05) is 0 Å². The highest BCUT2D eigenvalue weighted by Gasteiger charge is 2.22. The Morgan fingerprint density at radius 2 is 0.724 bits per heavy atom. The van der Waals surface area contributed by atoms with Crippen LogP contribution in [0.1, 0.15) is 169 Å². The van der Waals surface area contributed by atoms with Crippen LogP contribution in [-0.4, -0.2) is 0 Å². The highest BCUT2D eigenvalue weighted by Crippen LogP contribution is 2.33. The van der Waals surface area contributed by atoms with Gasteiger partial charge in [0.15, 0.2) is 0 Å². The van der Waals surface area contributed by atoms with Gasteiger partial charge in [0.05, 0.1) is 0 Å². The smallest absolute Gasteiger partial charge is 0.0365 e. The van der Waals surface area contributed by atoms with Crippen LogP contribution < -0.4 is 0 Å². The van der Waals surface area contributed by atoms with Crippen LogP contribution in [0.2, 0.25) is 0 Å². The van der Waals surface area contributed by atoms with Crippen LogP contribution in [0, 0.1) is 17.8 Å². The molecule has 2 atom stereocenters.